The molecule has 0 aliphatic carbocycles. The highest BCUT2D eigenvalue weighted by molar-refractivity contribution is 7.14. The second-order valence-electron chi connectivity index (χ2n) is 5.14. The molecule has 0 atom stereocenters. The fourth-order valence-electron chi connectivity index (χ4n) is 2.35. The third kappa shape index (κ3) is 3.08. The molecule has 114 valence electrons. The topological polar surface area (TPSA) is 62.5 Å². The monoisotopic (exact) mass is 322 g/mol. The van der Waals surface area contributed by atoms with Crippen molar-refractivity contribution in [2.45, 2.75) is 20.3 Å². The molecule has 0 saturated carbocycles. The Morgan fingerprint density at radius 3 is 2.91 bits per heavy atom. The van der Waals surface area contributed by atoms with E-state index in [2.05, 4.69) is 18.0 Å². The molecule has 0 radical (unpaired) electrons. The fourth-order valence-corrected chi connectivity index (χ4v) is 3.39. The minimum atomic E-state index is -0.466. The van der Waals surface area contributed by atoms with E-state index in [0.29, 0.717) is 11.5 Å². The average molecular weight is 322 g/mol. The maximum atomic E-state index is 12.0. The number of ether oxygens (including phenoxy) is 1. The van der Waals surface area contributed by atoms with Crippen LogP contribution >= 0.6 is 11.3 Å². The van der Waals surface area contributed by atoms with Gasteiger partial charge in [-0.15, -0.1) is 11.3 Å². The van der Waals surface area contributed by atoms with Crippen molar-refractivity contribution in [2.75, 3.05) is 0 Å². The third-order valence-electron chi connectivity index (χ3n) is 3.49. The van der Waals surface area contributed by atoms with Gasteiger partial charge in [0.2, 0.25) is 5.90 Å². The molecule has 1 aromatic heterocycles. The molecule has 0 amide bonds. The minimum Gasteiger partial charge on any atom is -0.401 e. The lowest BCUT2D eigenvalue weighted by Crippen LogP contribution is -2.03. The Balaban J connectivity index is 1.94. The first-order valence-corrected chi connectivity index (χ1v) is 8.04. The highest BCUT2D eigenvalue weighted by atomic mass is 32.1. The lowest BCUT2D eigenvalue weighted by atomic mass is 10.1. The van der Waals surface area contributed by atoms with Gasteiger partial charge < -0.3 is 4.74 Å². The summed E-state index contributed by atoms with van der Waals surface area (Å²) in [4.78, 5) is 18.4. The zero-order valence-corrected chi connectivity index (χ0v) is 13.6. The van der Waals surface area contributed by atoms with Crippen LogP contribution in [0.25, 0.3) is 6.08 Å². The van der Waals surface area contributed by atoms with E-state index in [1.165, 1.54) is 10.4 Å². The Morgan fingerprint density at radius 1 is 1.39 bits per heavy atom. The van der Waals surface area contributed by atoms with Gasteiger partial charge in [-0.2, -0.15) is 5.26 Å². The van der Waals surface area contributed by atoms with Gasteiger partial charge >= 0.3 is 5.97 Å². The van der Waals surface area contributed by atoms with Gasteiger partial charge in [-0.25, -0.2) is 9.79 Å². The van der Waals surface area contributed by atoms with Crippen molar-refractivity contribution < 1.29 is 9.53 Å². The number of rotatable bonds is 3. The van der Waals surface area contributed by atoms with E-state index in [-0.39, 0.29) is 5.70 Å². The maximum Gasteiger partial charge on any atom is 0.363 e. The Morgan fingerprint density at radius 2 is 2.22 bits per heavy atom. The Kier molecular flexibility index (Phi) is 4.09. The summed E-state index contributed by atoms with van der Waals surface area (Å²) < 4.78 is 5.29. The number of nitrogens with zero attached hydrogens (tertiary/aromatic N) is 2. The van der Waals surface area contributed by atoms with Crippen LogP contribution in [0.4, 0.5) is 0 Å². The zero-order valence-electron chi connectivity index (χ0n) is 12.8. The zero-order chi connectivity index (χ0) is 16.4. The van der Waals surface area contributed by atoms with Crippen molar-refractivity contribution in [1.82, 2.24) is 0 Å². The van der Waals surface area contributed by atoms with Crippen LogP contribution in [0.5, 0.6) is 0 Å². The van der Waals surface area contributed by atoms with Gasteiger partial charge in [0.15, 0.2) is 5.70 Å². The quantitative estimate of drug-likeness (QED) is 0.637. The number of carbonyl (C=O) groups is 1. The molecule has 5 heteroatoms. The van der Waals surface area contributed by atoms with Crippen LogP contribution in [0.15, 0.2) is 41.0 Å². The number of esters is 1. The van der Waals surface area contributed by atoms with Gasteiger partial charge in [-0.1, -0.05) is 19.1 Å². The molecule has 0 saturated heterocycles. The summed E-state index contributed by atoms with van der Waals surface area (Å²) in [5.41, 5.74) is 2.72. The number of hydrogen-bond donors (Lipinski definition) is 0. The van der Waals surface area contributed by atoms with Gasteiger partial charge in [-0.05, 0) is 48.7 Å². The maximum absolute atomic E-state index is 12.0. The van der Waals surface area contributed by atoms with Crippen LogP contribution in [0.2, 0.25) is 0 Å². The number of aryl methyl sites for hydroxylation is 2. The van der Waals surface area contributed by atoms with Gasteiger partial charge in [0.1, 0.15) is 0 Å². The molecule has 4 nitrogen and oxygen atoms in total. The van der Waals surface area contributed by atoms with E-state index in [9.17, 15) is 4.79 Å². The molecule has 2 heterocycles. The van der Waals surface area contributed by atoms with Crippen molar-refractivity contribution in [1.29, 1.82) is 5.26 Å². The lowest BCUT2D eigenvalue weighted by molar-refractivity contribution is -0.129. The lowest BCUT2D eigenvalue weighted by Gasteiger charge is -1.94. The van der Waals surface area contributed by atoms with E-state index in [4.69, 9.17) is 10.00 Å². The number of nitriles is 1. The molecule has 1 aromatic carbocycles. The van der Waals surface area contributed by atoms with Gasteiger partial charge in [-0.3, -0.25) is 0 Å². The summed E-state index contributed by atoms with van der Waals surface area (Å²) in [5.74, 6) is -0.114. The molecule has 23 heavy (non-hydrogen) atoms. The van der Waals surface area contributed by atoms with Crippen LogP contribution < -0.4 is 0 Å². The number of carbonyl (C=O) groups excluding carboxylic acids is 1. The molecule has 1 aliphatic heterocycles. The van der Waals surface area contributed by atoms with Crippen LogP contribution in [-0.4, -0.2) is 11.9 Å². The van der Waals surface area contributed by atoms with Crippen molar-refractivity contribution >= 4 is 29.3 Å². The number of aliphatic imine (C=N–C) groups is 1. The van der Waals surface area contributed by atoms with Crippen LogP contribution in [0.3, 0.4) is 0 Å². The smallest absolute Gasteiger partial charge is 0.363 e. The molecule has 0 unspecified atom stereocenters. The molecule has 0 bridgehead atoms. The Hall–Kier alpha value is -2.71. The van der Waals surface area contributed by atoms with Crippen molar-refractivity contribution in [3.63, 3.8) is 0 Å². The molecule has 3 rings (SSSR count). The third-order valence-corrected chi connectivity index (χ3v) is 4.86. The van der Waals surface area contributed by atoms with Crippen molar-refractivity contribution in [3.8, 4) is 6.07 Å². The normalized spacial score (nSPS) is 15.4. The standard InChI is InChI=1S/C18H14N2O2S/c1-3-15-11(2)7-16(23-15)17-20-14(18(21)22-17)9-12-5-4-6-13(8-12)10-19/h4-9H,3H2,1-2H3/b14-9+. The number of thiophene rings is 1. The number of benzene rings is 1. The van der Waals surface area contributed by atoms with Crippen molar-refractivity contribution in [2.24, 2.45) is 4.99 Å². The van der Waals surface area contributed by atoms with Gasteiger partial charge in [0.05, 0.1) is 16.5 Å². The largest absolute Gasteiger partial charge is 0.401 e. The summed E-state index contributed by atoms with van der Waals surface area (Å²) in [6, 6.07) is 11.1. The first-order valence-electron chi connectivity index (χ1n) is 7.23. The average Bonchev–Trinajstić information content (AvgIpc) is 3.10. The van der Waals surface area contributed by atoms with Gasteiger partial charge in [0, 0.05) is 4.88 Å². The van der Waals surface area contributed by atoms with Crippen LogP contribution in [0, 0.1) is 18.3 Å². The fraction of sp³-hybridized carbons (Fsp3) is 0.167. The van der Waals surface area contributed by atoms with Gasteiger partial charge in [0.25, 0.3) is 0 Å². The number of hydrogen-bond acceptors (Lipinski definition) is 5. The molecule has 0 fully saturated rings. The molecule has 1 aliphatic rings. The number of cyclic esters (lactones) is 1. The summed E-state index contributed by atoms with van der Waals surface area (Å²) in [6.07, 6.45) is 2.58. The van der Waals surface area contributed by atoms with E-state index in [0.717, 1.165) is 16.9 Å². The molecule has 2 aromatic rings. The predicted molar refractivity (Wildman–Crippen MR) is 90.2 cm³/mol. The molecular weight excluding hydrogens is 308 g/mol. The van der Waals surface area contributed by atoms with E-state index in [1.54, 1.807) is 35.6 Å². The van der Waals surface area contributed by atoms with Crippen LogP contribution in [0.1, 0.15) is 33.4 Å². The van der Waals surface area contributed by atoms with E-state index in [1.807, 2.05) is 19.1 Å². The highest BCUT2D eigenvalue weighted by Gasteiger charge is 2.25. The van der Waals surface area contributed by atoms with E-state index < -0.39 is 5.97 Å². The van der Waals surface area contributed by atoms with Crippen molar-refractivity contribution in [3.05, 3.63) is 62.5 Å². The van der Waals surface area contributed by atoms with Crippen LogP contribution in [-0.2, 0) is 16.0 Å². The summed E-state index contributed by atoms with van der Waals surface area (Å²) in [6.45, 7) is 4.14. The highest BCUT2D eigenvalue weighted by Crippen LogP contribution is 2.27. The SMILES string of the molecule is CCc1sc(C2=N/C(=C/c3cccc(C#N)c3)C(=O)O2)cc1C. The van der Waals surface area contributed by atoms with E-state index >= 15 is 0 Å². The first kappa shape index (κ1) is 15.2. The molecule has 0 N–H and O–H groups in total. The Bertz CT molecular complexity index is 885. The minimum absolute atomic E-state index is 0.249. The second-order valence-corrected chi connectivity index (χ2v) is 6.28. The summed E-state index contributed by atoms with van der Waals surface area (Å²) >= 11 is 1.59. The molecule has 0 spiro atoms. The Labute approximate surface area is 138 Å². The summed E-state index contributed by atoms with van der Waals surface area (Å²) in [5, 5.41) is 8.93. The summed E-state index contributed by atoms with van der Waals surface area (Å²) in [7, 11) is 0. The second kappa shape index (κ2) is 6.19. The predicted octanol–water partition coefficient (Wildman–Crippen LogP) is 3.84. The first-order chi connectivity index (χ1) is 11.1. The molecular formula is C18H14N2O2S.